The monoisotopic (exact) mass is 265 g/mol. The van der Waals surface area contributed by atoms with E-state index in [2.05, 4.69) is 10.3 Å². The highest BCUT2D eigenvalue weighted by atomic mass is 32.1. The smallest absolute Gasteiger partial charge is 0.293 e. The van der Waals surface area contributed by atoms with Gasteiger partial charge in [-0.2, -0.15) is 0 Å². The summed E-state index contributed by atoms with van der Waals surface area (Å²) in [6.45, 7) is 4.31. The first-order valence-corrected chi connectivity index (χ1v) is 6.52. The fourth-order valence-electron chi connectivity index (χ4n) is 1.58. The molecule has 1 amide bonds. The van der Waals surface area contributed by atoms with Crippen molar-refractivity contribution >= 4 is 22.4 Å². The van der Waals surface area contributed by atoms with Crippen LogP contribution in [0.3, 0.4) is 0 Å². The Kier molecular flexibility index (Phi) is 3.78. The number of hydrogen-bond donors (Lipinski definition) is 2. The first kappa shape index (κ1) is 12.8. The molecule has 3 N–H and O–H groups in total. The number of nitrogens with one attached hydrogen (secondary N) is 1. The first-order chi connectivity index (χ1) is 8.63. The van der Waals surface area contributed by atoms with Crippen LogP contribution in [0.1, 0.15) is 33.8 Å². The number of aromatic nitrogens is 1. The molecule has 0 unspecified atom stereocenters. The van der Waals surface area contributed by atoms with Gasteiger partial charge < -0.3 is 10.2 Å². The van der Waals surface area contributed by atoms with E-state index >= 15 is 0 Å². The molecule has 0 fully saturated rings. The minimum Gasteiger partial charge on any atom is -0.455 e. The number of carbonyl (C=O) groups excluding carboxylic acids is 1. The molecule has 2 aromatic rings. The van der Waals surface area contributed by atoms with Crippen molar-refractivity contribution in [3.05, 3.63) is 34.2 Å². The van der Waals surface area contributed by atoms with Crippen molar-refractivity contribution in [3.63, 3.8) is 0 Å². The Morgan fingerprint density at radius 3 is 2.89 bits per heavy atom. The summed E-state index contributed by atoms with van der Waals surface area (Å²) in [6, 6.07) is 3.30. The maximum Gasteiger partial charge on any atom is 0.293 e. The SMILES string of the molecule is CCc1nc(NC(=O)c2ccc(CN)o2)sc1C. The molecular formula is C12H15N3O2S. The summed E-state index contributed by atoms with van der Waals surface area (Å²) in [5, 5.41) is 3.32. The number of furan rings is 1. The minimum absolute atomic E-state index is 0.251. The van der Waals surface area contributed by atoms with Crippen molar-refractivity contribution in [2.24, 2.45) is 5.73 Å². The molecule has 18 heavy (non-hydrogen) atoms. The van der Waals surface area contributed by atoms with E-state index in [1.54, 1.807) is 12.1 Å². The molecular weight excluding hydrogens is 250 g/mol. The average Bonchev–Trinajstić information content (AvgIpc) is 2.95. The predicted molar refractivity (Wildman–Crippen MR) is 70.8 cm³/mol. The van der Waals surface area contributed by atoms with Crippen LogP contribution in [0.2, 0.25) is 0 Å². The first-order valence-electron chi connectivity index (χ1n) is 5.70. The van der Waals surface area contributed by atoms with Crippen molar-refractivity contribution < 1.29 is 9.21 Å². The number of rotatable bonds is 4. The molecule has 0 radical (unpaired) electrons. The van der Waals surface area contributed by atoms with Gasteiger partial charge >= 0.3 is 0 Å². The van der Waals surface area contributed by atoms with Crippen molar-refractivity contribution in [3.8, 4) is 0 Å². The van der Waals surface area contributed by atoms with E-state index in [4.69, 9.17) is 10.2 Å². The van der Waals surface area contributed by atoms with Gasteiger partial charge in [0.15, 0.2) is 10.9 Å². The van der Waals surface area contributed by atoms with Crippen LogP contribution in [-0.4, -0.2) is 10.9 Å². The highest BCUT2D eigenvalue weighted by Gasteiger charge is 2.14. The van der Waals surface area contributed by atoms with Crippen LogP contribution in [0, 0.1) is 6.92 Å². The summed E-state index contributed by atoms with van der Waals surface area (Å²) in [5.41, 5.74) is 6.43. The Hall–Kier alpha value is -1.66. The fraction of sp³-hybridized carbons (Fsp3) is 0.333. The highest BCUT2D eigenvalue weighted by molar-refractivity contribution is 7.15. The number of carbonyl (C=O) groups is 1. The van der Waals surface area contributed by atoms with E-state index < -0.39 is 0 Å². The Labute approximate surface area is 109 Å². The molecule has 0 saturated carbocycles. The summed E-state index contributed by atoms with van der Waals surface area (Å²) >= 11 is 1.47. The number of anilines is 1. The van der Waals surface area contributed by atoms with Gasteiger partial charge in [0.2, 0.25) is 0 Å². The predicted octanol–water partition coefficient (Wildman–Crippen LogP) is 2.32. The highest BCUT2D eigenvalue weighted by Crippen LogP contribution is 2.23. The molecule has 0 atom stereocenters. The molecule has 0 saturated heterocycles. The summed E-state index contributed by atoms with van der Waals surface area (Å²) in [7, 11) is 0. The molecule has 0 aromatic carbocycles. The fourth-order valence-corrected chi connectivity index (χ4v) is 2.48. The van der Waals surface area contributed by atoms with Crippen LogP contribution in [0.15, 0.2) is 16.5 Å². The lowest BCUT2D eigenvalue weighted by atomic mass is 10.3. The lowest BCUT2D eigenvalue weighted by molar-refractivity contribution is 0.0995. The van der Waals surface area contributed by atoms with E-state index in [1.807, 2.05) is 13.8 Å². The second-order valence-electron chi connectivity index (χ2n) is 3.80. The second-order valence-corrected chi connectivity index (χ2v) is 5.00. The van der Waals surface area contributed by atoms with Crippen molar-refractivity contribution in [2.75, 3.05) is 5.32 Å². The summed E-state index contributed by atoms with van der Waals surface area (Å²) in [4.78, 5) is 17.3. The number of nitrogens with zero attached hydrogens (tertiary/aromatic N) is 1. The number of nitrogens with two attached hydrogens (primary N) is 1. The molecule has 0 aliphatic heterocycles. The van der Waals surface area contributed by atoms with Gasteiger partial charge in [-0.3, -0.25) is 10.1 Å². The van der Waals surface area contributed by atoms with E-state index in [0.29, 0.717) is 10.9 Å². The van der Waals surface area contributed by atoms with E-state index in [1.165, 1.54) is 11.3 Å². The van der Waals surface area contributed by atoms with Crippen molar-refractivity contribution in [2.45, 2.75) is 26.8 Å². The van der Waals surface area contributed by atoms with E-state index in [9.17, 15) is 4.79 Å². The standard InChI is InChI=1S/C12H15N3O2S/c1-3-9-7(2)18-12(14-9)15-11(16)10-5-4-8(6-13)17-10/h4-5H,3,6,13H2,1-2H3,(H,14,15,16). The Morgan fingerprint density at radius 2 is 2.33 bits per heavy atom. The number of amides is 1. The van der Waals surface area contributed by atoms with Gasteiger partial charge in [0, 0.05) is 4.88 Å². The average molecular weight is 265 g/mol. The van der Waals surface area contributed by atoms with Crippen molar-refractivity contribution in [1.82, 2.24) is 4.98 Å². The van der Waals surface area contributed by atoms with Crippen LogP contribution < -0.4 is 11.1 Å². The lowest BCUT2D eigenvalue weighted by Crippen LogP contribution is -2.10. The number of thiazole rings is 1. The maximum absolute atomic E-state index is 11.9. The summed E-state index contributed by atoms with van der Waals surface area (Å²) in [5.74, 6) is 0.539. The lowest BCUT2D eigenvalue weighted by Gasteiger charge is -1.97. The zero-order valence-electron chi connectivity index (χ0n) is 10.3. The van der Waals surface area contributed by atoms with Gasteiger partial charge in [0.25, 0.3) is 5.91 Å². The second kappa shape index (κ2) is 5.32. The van der Waals surface area contributed by atoms with Gasteiger partial charge in [-0.1, -0.05) is 6.92 Å². The number of aryl methyl sites for hydroxylation is 2. The zero-order valence-corrected chi connectivity index (χ0v) is 11.1. The number of hydrogen-bond acceptors (Lipinski definition) is 5. The van der Waals surface area contributed by atoms with Gasteiger partial charge in [-0.25, -0.2) is 4.98 Å². The molecule has 0 aliphatic carbocycles. The van der Waals surface area contributed by atoms with Gasteiger partial charge in [0.1, 0.15) is 5.76 Å². The van der Waals surface area contributed by atoms with Crippen LogP contribution >= 0.6 is 11.3 Å². The molecule has 5 nitrogen and oxygen atoms in total. The van der Waals surface area contributed by atoms with Crippen LogP contribution in [0.4, 0.5) is 5.13 Å². The Morgan fingerprint density at radius 1 is 1.56 bits per heavy atom. The third-order valence-corrected chi connectivity index (χ3v) is 3.46. The largest absolute Gasteiger partial charge is 0.455 e. The molecule has 6 heteroatoms. The van der Waals surface area contributed by atoms with Crippen LogP contribution in [0.5, 0.6) is 0 Å². The molecule has 2 heterocycles. The van der Waals surface area contributed by atoms with Crippen molar-refractivity contribution in [1.29, 1.82) is 0 Å². The van der Waals surface area contributed by atoms with E-state index in [-0.39, 0.29) is 18.2 Å². The molecule has 2 rings (SSSR count). The minimum atomic E-state index is -0.300. The van der Waals surface area contributed by atoms with E-state index in [0.717, 1.165) is 17.0 Å². The Balaban J connectivity index is 2.10. The van der Waals surface area contributed by atoms with Gasteiger partial charge in [-0.05, 0) is 25.5 Å². The zero-order chi connectivity index (χ0) is 13.1. The van der Waals surface area contributed by atoms with Crippen LogP contribution in [0.25, 0.3) is 0 Å². The van der Waals surface area contributed by atoms with Gasteiger partial charge in [-0.15, -0.1) is 11.3 Å². The third-order valence-electron chi connectivity index (χ3n) is 2.53. The normalized spacial score (nSPS) is 10.6. The molecule has 0 spiro atoms. The molecule has 2 aromatic heterocycles. The molecule has 96 valence electrons. The van der Waals surface area contributed by atoms with Gasteiger partial charge in [0.05, 0.1) is 12.2 Å². The third kappa shape index (κ3) is 2.60. The topological polar surface area (TPSA) is 81.2 Å². The summed E-state index contributed by atoms with van der Waals surface area (Å²) < 4.78 is 5.27. The Bertz CT molecular complexity index is 559. The maximum atomic E-state index is 11.9. The van der Waals surface area contributed by atoms with Crippen LogP contribution in [-0.2, 0) is 13.0 Å². The molecule has 0 aliphatic rings. The summed E-state index contributed by atoms with van der Waals surface area (Å²) in [6.07, 6.45) is 0.857. The molecule has 0 bridgehead atoms. The quantitative estimate of drug-likeness (QED) is 0.889.